The number of anilines is 1. The summed E-state index contributed by atoms with van der Waals surface area (Å²) in [7, 11) is 0. The first-order chi connectivity index (χ1) is 9.81. The molecule has 0 aliphatic rings. The number of hydrogen-bond acceptors (Lipinski definition) is 6. The van der Waals surface area contributed by atoms with Gasteiger partial charge in [0.15, 0.2) is 0 Å². The number of nitrogen functional groups attached to an aromatic ring is 1. The predicted molar refractivity (Wildman–Crippen MR) is 84.9 cm³/mol. The molecule has 1 aromatic heterocycles. The molecule has 0 fully saturated rings. The first kappa shape index (κ1) is 15.5. The van der Waals surface area contributed by atoms with Crippen LogP contribution in [-0.2, 0) is 10.5 Å². The number of nitrogens with two attached hydrogens (primary N) is 2. The summed E-state index contributed by atoms with van der Waals surface area (Å²) in [5.74, 6) is 0.424. The second-order valence-electron chi connectivity index (χ2n) is 5.25. The lowest BCUT2D eigenvalue weighted by Crippen LogP contribution is -2.46. The Balaban J connectivity index is 2.19. The monoisotopic (exact) mass is 306 g/mol. The number of hydrogen-bond donors (Lipinski definition) is 3. The van der Waals surface area contributed by atoms with Crippen molar-refractivity contribution in [1.29, 1.82) is 0 Å². The number of para-hydroxylation sites is 1. The van der Waals surface area contributed by atoms with Crippen LogP contribution in [0.25, 0.3) is 10.9 Å². The molecule has 7 heteroatoms. The summed E-state index contributed by atoms with van der Waals surface area (Å²) < 4.78 is -0.629. The molecule has 5 N–H and O–H groups in total. The van der Waals surface area contributed by atoms with Crippen molar-refractivity contribution in [2.24, 2.45) is 5.73 Å². The second kappa shape index (κ2) is 5.87. The summed E-state index contributed by atoms with van der Waals surface area (Å²) in [5.41, 5.74) is 12.4. The fourth-order valence-electron chi connectivity index (χ4n) is 1.85. The van der Waals surface area contributed by atoms with Crippen LogP contribution >= 0.6 is 11.8 Å². The molecule has 0 spiro atoms. The fourth-order valence-corrected chi connectivity index (χ4v) is 2.76. The second-order valence-corrected chi connectivity index (χ2v) is 6.88. The number of nitrogens with zero attached hydrogens (tertiary/aromatic N) is 2. The Bertz CT molecular complexity index is 675. The third-order valence-corrected chi connectivity index (χ3v) is 4.67. The minimum Gasteiger partial charge on any atom is -0.480 e. The number of aromatic nitrogens is 2. The Kier molecular flexibility index (Phi) is 4.34. The molecular weight excluding hydrogens is 288 g/mol. The first-order valence-corrected chi connectivity index (χ1v) is 7.43. The Hall–Kier alpha value is -1.86. The summed E-state index contributed by atoms with van der Waals surface area (Å²) in [6.07, 6.45) is 0. The Morgan fingerprint density at radius 2 is 2.05 bits per heavy atom. The van der Waals surface area contributed by atoms with E-state index in [9.17, 15) is 4.79 Å². The molecule has 1 atom stereocenters. The van der Waals surface area contributed by atoms with Gasteiger partial charge < -0.3 is 16.6 Å². The van der Waals surface area contributed by atoms with Crippen LogP contribution in [0.1, 0.15) is 19.7 Å². The highest BCUT2D eigenvalue weighted by Gasteiger charge is 2.32. The molecular formula is C14H18N4O2S. The lowest BCUT2D eigenvalue weighted by Gasteiger charge is -2.27. The van der Waals surface area contributed by atoms with Crippen LogP contribution < -0.4 is 11.5 Å². The van der Waals surface area contributed by atoms with Crippen molar-refractivity contribution in [3.63, 3.8) is 0 Å². The van der Waals surface area contributed by atoms with Crippen LogP contribution in [0.15, 0.2) is 24.3 Å². The van der Waals surface area contributed by atoms with E-state index in [1.807, 2.05) is 24.3 Å². The van der Waals surface area contributed by atoms with Crippen LogP contribution in [0.5, 0.6) is 0 Å². The van der Waals surface area contributed by atoms with Gasteiger partial charge in [-0.15, -0.1) is 11.8 Å². The summed E-state index contributed by atoms with van der Waals surface area (Å²) in [6.45, 7) is 3.59. The number of benzene rings is 1. The van der Waals surface area contributed by atoms with Gasteiger partial charge in [0.2, 0.25) is 0 Å². The number of rotatable bonds is 5. The molecule has 1 aromatic carbocycles. The van der Waals surface area contributed by atoms with Crippen molar-refractivity contribution >= 4 is 34.5 Å². The quantitative estimate of drug-likeness (QED) is 0.769. The van der Waals surface area contributed by atoms with Gasteiger partial charge in [-0.05, 0) is 26.0 Å². The van der Waals surface area contributed by atoms with E-state index < -0.39 is 16.8 Å². The Morgan fingerprint density at radius 3 is 2.71 bits per heavy atom. The molecule has 0 saturated carbocycles. The molecule has 0 aliphatic heterocycles. The van der Waals surface area contributed by atoms with Crippen molar-refractivity contribution in [3.05, 3.63) is 30.1 Å². The molecule has 112 valence electrons. The molecule has 0 bridgehead atoms. The normalized spacial score (nSPS) is 13.3. The third kappa shape index (κ3) is 3.43. The van der Waals surface area contributed by atoms with Crippen molar-refractivity contribution in [3.8, 4) is 0 Å². The lowest BCUT2D eigenvalue weighted by molar-refractivity contribution is -0.139. The van der Waals surface area contributed by atoms with Gasteiger partial charge in [-0.3, -0.25) is 4.79 Å². The van der Waals surface area contributed by atoms with Crippen LogP contribution in [0, 0.1) is 0 Å². The van der Waals surface area contributed by atoms with E-state index in [2.05, 4.69) is 9.97 Å². The molecule has 0 radical (unpaired) electrons. The molecule has 1 heterocycles. The minimum atomic E-state index is -1.02. The van der Waals surface area contributed by atoms with Crippen LogP contribution in [-0.4, -0.2) is 31.8 Å². The van der Waals surface area contributed by atoms with E-state index in [-0.39, 0.29) is 0 Å². The van der Waals surface area contributed by atoms with Crippen molar-refractivity contribution in [1.82, 2.24) is 9.97 Å². The van der Waals surface area contributed by atoms with Gasteiger partial charge in [0.25, 0.3) is 0 Å². The van der Waals surface area contributed by atoms with Crippen LogP contribution in [0.2, 0.25) is 0 Å². The van der Waals surface area contributed by atoms with Gasteiger partial charge in [-0.2, -0.15) is 0 Å². The topological polar surface area (TPSA) is 115 Å². The van der Waals surface area contributed by atoms with E-state index in [0.29, 0.717) is 17.4 Å². The summed E-state index contributed by atoms with van der Waals surface area (Å²) in [4.78, 5) is 19.7. The van der Waals surface area contributed by atoms with E-state index >= 15 is 0 Å². The van der Waals surface area contributed by atoms with Crippen molar-refractivity contribution in [2.45, 2.75) is 30.4 Å². The highest BCUT2D eigenvalue weighted by molar-refractivity contribution is 7.99. The van der Waals surface area contributed by atoms with Gasteiger partial charge in [0, 0.05) is 10.1 Å². The largest absolute Gasteiger partial charge is 0.480 e. The SMILES string of the molecule is CC(C)(SCc1nc(N)c2ccccc2n1)[C@H](N)C(=O)O. The van der Waals surface area contributed by atoms with Crippen molar-refractivity contribution in [2.75, 3.05) is 5.73 Å². The zero-order valence-electron chi connectivity index (χ0n) is 11.9. The Labute approximate surface area is 127 Å². The van der Waals surface area contributed by atoms with Gasteiger partial charge in [-0.25, -0.2) is 9.97 Å². The number of carboxylic acids is 1. The van der Waals surface area contributed by atoms with E-state index in [0.717, 1.165) is 10.9 Å². The first-order valence-electron chi connectivity index (χ1n) is 6.45. The van der Waals surface area contributed by atoms with Gasteiger partial charge in [-0.1, -0.05) is 12.1 Å². The zero-order valence-corrected chi connectivity index (χ0v) is 12.7. The third-order valence-electron chi connectivity index (χ3n) is 3.27. The molecule has 0 amide bonds. The smallest absolute Gasteiger partial charge is 0.321 e. The lowest BCUT2D eigenvalue weighted by atomic mass is 10.1. The van der Waals surface area contributed by atoms with Gasteiger partial charge >= 0.3 is 5.97 Å². The maximum Gasteiger partial charge on any atom is 0.321 e. The average molecular weight is 306 g/mol. The number of carbonyl (C=O) groups is 1. The summed E-state index contributed by atoms with van der Waals surface area (Å²) in [6, 6.07) is 6.54. The number of aliphatic carboxylic acids is 1. The highest BCUT2D eigenvalue weighted by Crippen LogP contribution is 2.30. The molecule has 6 nitrogen and oxygen atoms in total. The number of fused-ring (bicyclic) bond motifs is 1. The van der Waals surface area contributed by atoms with E-state index in [4.69, 9.17) is 16.6 Å². The van der Waals surface area contributed by atoms with E-state index in [1.165, 1.54) is 11.8 Å². The summed E-state index contributed by atoms with van der Waals surface area (Å²) >= 11 is 1.40. The van der Waals surface area contributed by atoms with Gasteiger partial charge in [0.1, 0.15) is 17.7 Å². The molecule has 2 aromatic rings. The van der Waals surface area contributed by atoms with Crippen LogP contribution in [0.4, 0.5) is 5.82 Å². The van der Waals surface area contributed by atoms with Crippen LogP contribution in [0.3, 0.4) is 0 Å². The maximum atomic E-state index is 11.0. The average Bonchev–Trinajstić information content (AvgIpc) is 2.44. The molecule has 0 aliphatic carbocycles. The molecule has 0 saturated heterocycles. The standard InChI is InChI=1S/C14H18N4O2S/c1-14(2,11(15)13(19)20)21-7-10-17-9-6-4-3-5-8(9)12(16)18-10/h3-6,11H,7,15H2,1-2H3,(H,19,20)(H2,16,17,18)/t11-/m1/s1. The molecule has 0 unspecified atom stereocenters. The summed E-state index contributed by atoms with van der Waals surface area (Å²) in [5, 5.41) is 9.82. The zero-order chi connectivity index (χ0) is 15.6. The molecule has 21 heavy (non-hydrogen) atoms. The van der Waals surface area contributed by atoms with Gasteiger partial charge in [0.05, 0.1) is 11.3 Å². The number of thioether (sulfide) groups is 1. The molecule has 2 rings (SSSR count). The van der Waals surface area contributed by atoms with E-state index in [1.54, 1.807) is 13.8 Å². The van der Waals surface area contributed by atoms with Crippen molar-refractivity contribution < 1.29 is 9.90 Å². The maximum absolute atomic E-state index is 11.0. The number of carboxylic acid groups (broad SMARTS) is 1. The minimum absolute atomic E-state index is 0.427. The predicted octanol–water partition coefficient (Wildman–Crippen LogP) is 1.64. The fraction of sp³-hybridized carbons (Fsp3) is 0.357. The Morgan fingerprint density at radius 1 is 1.38 bits per heavy atom. The highest BCUT2D eigenvalue weighted by atomic mass is 32.2.